The molecule has 0 saturated carbocycles. The van der Waals surface area contributed by atoms with Crippen LogP contribution >= 0.6 is 0 Å². The van der Waals surface area contributed by atoms with Crippen LogP contribution in [0.4, 0.5) is 0 Å². The van der Waals surface area contributed by atoms with Gasteiger partial charge in [-0.1, -0.05) is 30.3 Å². The number of nitrogens with two attached hydrogens (primary N) is 1. The lowest BCUT2D eigenvalue weighted by molar-refractivity contribution is -0.122. The molecule has 1 saturated heterocycles. The van der Waals surface area contributed by atoms with E-state index in [1.807, 2.05) is 18.2 Å². The van der Waals surface area contributed by atoms with Crippen LogP contribution in [-0.2, 0) is 20.6 Å². The van der Waals surface area contributed by atoms with Gasteiger partial charge in [0, 0.05) is 13.1 Å². The van der Waals surface area contributed by atoms with Crippen LogP contribution < -0.4 is 5.73 Å². The molecule has 0 bridgehead atoms. The SMILES string of the molecule is NC(=O)[C@@H]1CCCN(S(=O)(=O)Cc2ccccc2)C1. The average molecular weight is 282 g/mol. The summed E-state index contributed by atoms with van der Waals surface area (Å²) in [4.78, 5) is 11.2. The van der Waals surface area contributed by atoms with Crippen molar-refractivity contribution in [3.63, 3.8) is 0 Å². The predicted molar refractivity (Wildman–Crippen MR) is 72.6 cm³/mol. The third-order valence-corrected chi connectivity index (χ3v) is 5.19. The van der Waals surface area contributed by atoms with E-state index in [4.69, 9.17) is 5.73 Å². The van der Waals surface area contributed by atoms with Crippen LogP contribution in [0.15, 0.2) is 30.3 Å². The number of hydrogen-bond acceptors (Lipinski definition) is 3. The van der Waals surface area contributed by atoms with Crippen molar-refractivity contribution in [2.24, 2.45) is 11.7 Å². The Labute approximate surface area is 113 Å². The Kier molecular flexibility index (Phi) is 4.21. The first-order chi connectivity index (χ1) is 8.99. The normalized spacial score (nSPS) is 21.2. The standard InChI is InChI=1S/C13H18N2O3S/c14-13(16)12-7-4-8-15(9-12)19(17,18)10-11-5-2-1-3-6-11/h1-3,5-6,12H,4,7-10H2,(H2,14,16)/t12-/m1/s1. The van der Waals surface area contributed by atoms with Crippen molar-refractivity contribution >= 4 is 15.9 Å². The first-order valence-corrected chi connectivity index (χ1v) is 7.91. The number of carbonyl (C=O) groups is 1. The van der Waals surface area contributed by atoms with E-state index in [9.17, 15) is 13.2 Å². The molecule has 0 aromatic heterocycles. The molecule has 6 heteroatoms. The van der Waals surface area contributed by atoms with Gasteiger partial charge in [0.25, 0.3) is 0 Å². The van der Waals surface area contributed by atoms with Crippen molar-refractivity contribution in [1.82, 2.24) is 4.31 Å². The molecule has 1 aromatic carbocycles. The zero-order valence-corrected chi connectivity index (χ0v) is 11.5. The number of nitrogens with zero attached hydrogens (tertiary/aromatic N) is 1. The molecular weight excluding hydrogens is 264 g/mol. The molecule has 0 radical (unpaired) electrons. The predicted octanol–water partition coefficient (Wildman–Crippen LogP) is 0.714. The number of sulfonamides is 1. The minimum absolute atomic E-state index is 0.0285. The second-order valence-electron chi connectivity index (χ2n) is 4.84. The lowest BCUT2D eigenvalue weighted by Crippen LogP contribution is -2.44. The van der Waals surface area contributed by atoms with E-state index in [-0.39, 0.29) is 18.2 Å². The summed E-state index contributed by atoms with van der Waals surface area (Å²) >= 11 is 0. The summed E-state index contributed by atoms with van der Waals surface area (Å²) < 4.78 is 26.0. The number of carbonyl (C=O) groups excluding carboxylic acids is 1. The number of piperidine rings is 1. The molecule has 1 atom stereocenters. The molecule has 1 aliphatic rings. The second kappa shape index (κ2) is 5.71. The van der Waals surface area contributed by atoms with Crippen LogP contribution in [0.3, 0.4) is 0 Å². The quantitative estimate of drug-likeness (QED) is 0.883. The maximum Gasteiger partial charge on any atom is 0.221 e. The van der Waals surface area contributed by atoms with Gasteiger partial charge >= 0.3 is 0 Å². The molecule has 0 aliphatic carbocycles. The minimum Gasteiger partial charge on any atom is -0.369 e. The first kappa shape index (κ1) is 14.0. The van der Waals surface area contributed by atoms with Gasteiger partial charge in [0.2, 0.25) is 15.9 Å². The van der Waals surface area contributed by atoms with Crippen LogP contribution in [0.5, 0.6) is 0 Å². The number of primary amides is 1. The summed E-state index contributed by atoms with van der Waals surface area (Å²) in [6.07, 6.45) is 1.36. The molecule has 2 N–H and O–H groups in total. The summed E-state index contributed by atoms with van der Waals surface area (Å²) in [6.45, 7) is 0.684. The summed E-state index contributed by atoms with van der Waals surface area (Å²) in [6, 6.07) is 9.04. The molecular formula is C13H18N2O3S. The molecule has 1 amide bonds. The number of rotatable bonds is 4. The fraction of sp³-hybridized carbons (Fsp3) is 0.462. The molecule has 1 heterocycles. The van der Waals surface area contributed by atoms with E-state index in [1.165, 1.54) is 4.31 Å². The molecule has 0 unspecified atom stereocenters. The largest absolute Gasteiger partial charge is 0.369 e. The average Bonchev–Trinajstić information content (AvgIpc) is 2.39. The highest BCUT2D eigenvalue weighted by Crippen LogP contribution is 2.21. The smallest absolute Gasteiger partial charge is 0.221 e. The first-order valence-electron chi connectivity index (χ1n) is 6.30. The molecule has 19 heavy (non-hydrogen) atoms. The number of amides is 1. The molecule has 5 nitrogen and oxygen atoms in total. The highest BCUT2D eigenvalue weighted by Gasteiger charge is 2.31. The van der Waals surface area contributed by atoms with Gasteiger partial charge < -0.3 is 5.73 Å². The Hall–Kier alpha value is -1.40. The number of benzene rings is 1. The van der Waals surface area contributed by atoms with Crippen LogP contribution in [0.25, 0.3) is 0 Å². The monoisotopic (exact) mass is 282 g/mol. The zero-order valence-electron chi connectivity index (χ0n) is 10.7. The van der Waals surface area contributed by atoms with Crippen molar-refractivity contribution in [3.05, 3.63) is 35.9 Å². The lowest BCUT2D eigenvalue weighted by Gasteiger charge is -2.30. The third-order valence-electron chi connectivity index (χ3n) is 3.37. The molecule has 0 spiro atoms. The van der Waals surface area contributed by atoms with Crippen molar-refractivity contribution in [3.8, 4) is 0 Å². The van der Waals surface area contributed by atoms with Gasteiger partial charge in [0.15, 0.2) is 0 Å². The Morgan fingerprint density at radius 3 is 2.63 bits per heavy atom. The molecule has 1 fully saturated rings. The highest BCUT2D eigenvalue weighted by molar-refractivity contribution is 7.88. The summed E-state index contributed by atoms with van der Waals surface area (Å²) in [7, 11) is -3.38. The molecule has 1 aliphatic heterocycles. The van der Waals surface area contributed by atoms with Gasteiger partial charge in [0.05, 0.1) is 11.7 Å². The summed E-state index contributed by atoms with van der Waals surface area (Å²) in [5.74, 6) is -0.807. The fourth-order valence-corrected chi connectivity index (χ4v) is 3.91. The molecule has 1 aromatic rings. The van der Waals surface area contributed by atoms with Crippen LogP contribution in [0.1, 0.15) is 18.4 Å². The van der Waals surface area contributed by atoms with E-state index in [2.05, 4.69) is 0 Å². The Morgan fingerprint density at radius 2 is 2.00 bits per heavy atom. The van der Waals surface area contributed by atoms with Gasteiger partial charge in [-0.25, -0.2) is 12.7 Å². The van der Waals surface area contributed by atoms with E-state index in [1.54, 1.807) is 12.1 Å². The van der Waals surface area contributed by atoms with Crippen molar-refractivity contribution in [2.75, 3.05) is 13.1 Å². The van der Waals surface area contributed by atoms with E-state index < -0.39 is 15.9 Å². The highest BCUT2D eigenvalue weighted by atomic mass is 32.2. The van der Waals surface area contributed by atoms with Crippen LogP contribution in [0, 0.1) is 5.92 Å². The summed E-state index contributed by atoms with van der Waals surface area (Å²) in [5.41, 5.74) is 6.02. The Bertz CT molecular complexity index is 542. The Balaban J connectivity index is 2.09. The van der Waals surface area contributed by atoms with Gasteiger partial charge in [0.1, 0.15) is 0 Å². The van der Waals surface area contributed by atoms with Crippen molar-refractivity contribution in [2.45, 2.75) is 18.6 Å². The van der Waals surface area contributed by atoms with Gasteiger partial charge in [-0.2, -0.15) is 0 Å². The van der Waals surface area contributed by atoms with Gasteiger partial charge in [-0.05, 0) is 18.4 Å². The van der Waals surface area contributed by atoms with Crippen molar-refractivity contribution < 1.29 is 13.2 Å². The molecule has 104 valence electrons. The van der Waals surface area contributed by atoms with E-state index >= 15 is 0 Å². The van der Waals surface area contributed by atoms with Gasteiger partial charge in [-0.15, -0.1) is 0 Å². The molecule has 2 rings (SSSR count). The fourth-order valence-electron chi connectivity index (χ4n) is 2.30. The topological polar surface area (TPSA) is 80.5 Å². The zero-order chi connectivity index (χ0) is 13.9. The lowest BCUT2D eigenvalue weighted by atomic mass is 9.99. The van der Waals surface area contributed by atoms with Crippen molar-refractivity contribution in [1.29, 1.82) is 0 Å². The van der Waals surface area contributed by atoms with Gasteiger partial charge in [-0.3, -0.25) is 4.79 Å². The minimum atomic E-state index is -3.38. The number of hydrogen-bond donors (Lipinski definition) is 1. The maximum atomic E-state index is 12.3. The van der Waals surface area contributed by atoms with E-state index in [0.29, 0.717) is 19.4 Å². The van der Waals surface area contributed by atoms with E-state index in [0.717, 1.165) is 5.56 Å². The maximum absolute atomic E-state index is 12.3. The third kappa shape index (κ3) is 3.54. The second-order valence-corrected chi connectivity index (χ2v) is 6.81. The van der Waals surface area contributed by atoms with Crippen LogP contribution in [0.2, 0.25) is 0 Å². The Morgan fingerprint density at radius 1 is 1.32 bits per heavy atom. The summed E-state index contributed by atoms with van der Waals surface area (Å²) in [5, 5.41) is 0. The van der Waals surface area contributed by atoms with Crippen LogP contribution in [-0.4, -0.2) is 31.7 Å².